The molecule has 0 amide bonds. The quantitative estimate of drug-likeness (QED) is 0.641. The van der Waals surface area contributed by atoms with Crippen molar-refractivity contribution in [3.8, 4) is 0 Å². The van der Waals surface area contributed by atoms with E-state index in [1.165, 1.54) is 6.92 Å². The molecule has 0 aliphatic heterocycles. The van der Waals surface area contributed by atoms with Gasteiger partial charge in [-0.25, -0.2) is 4.98 Å². The number of ketones is 1. The summed E-state index contributed by atoms with van der Waals surface area (Å²) in [5.41, 5.74) is 10.7. The number of hydrogen-bond acceptors (Lipinski definition) is 5. The zero-order valence-corrected chi connectivity index (χ0v) is 11.0. The highest BCUT2D eigenvalue weighted by Crippen LogP contribution is 2.18. The van der Waals surface area contributed by atoms with Crippen molar-refractivity contribution in [3.05, 3.63) is 40.3 Å². The molecule has 0 saturated heterocycles. The molecular formula is C13H15N3OS. The molecule has 1 heterocycles. The summed E-state index contributed by atoms with van der Waals surface area (Å²) in [6, 6.07) is 5.41. The van der Waals surface area contributed by atoms with E-state index < -0.39 is 0 Å². The van der Waals surface area contributed by atoms with E-state index in [1.54, 1.807) is 23.5 Å². The highest BCUT2D eigenvalue weighted by Gasteiger charge is 2.05. The molecule has 3 N–H and O–H groups in total. The summed E-state index contributed by atoms with van der Waals surface area (Å²) in [7, 11) is 0. The summed E-state index contributed by atoms with van der Waals surface area (Å²) in [5, 5.41) is 5.30. The van der Waals surface area contributed by atoms with Gasteiger partial charge in [0, 0.05) is 35.3 Å². The molecule has 0 spiro atoms. The number of benzene rings is 1. The maximum atomic E-state index is 11.2. The predicted octanol–water partition coefficient (Wildman–Crippen LogP) is 2.58. The van der Waals surface area contributed by atoms with Crippen LogP contribution in [0.3, 0.4) is 0 Å². The Hall–Kier alpha value is -1.88. The Morgan fingerprint density at radius 2 is 2.33 bits per heavy atom. The summed E-state index contributed by atoms with van der Waals surface area (Å²) in [4.78, 5) is 15.5. The van der Waals surface area contributed by atoms with Gasteiger partial charge in [-0.05, 0) is 25.1 Å². The molecule has 1 aromatic carbocycles. The molecule has 1 aromatic heterocycles. The summed E-state index contributed by atoms with van der Waals surface area (Å²) in [6.45, 7) is 2.31. The highest BCUT2D eigenvalue weighted by molar-refractivity contribution is 7.07. The van der Waals surface area contributed by atoms with Crippen LogP contribution in [0.4, 0.5) is 11.4 Å². The minimum Gasteiger partial charge on any atom is -0.398 e. The second-order valence-corrected chi connectivity index (χ2v) is 4.73. The third-order valence-corrected chi connectivity index (χ3v) is 3.26. The number of carbonyl (C=O) groups is 1. The van der Waals surface area contributed by atoms with E-state index in [9.17, 15) is 4.79 Å². The van der Waals surface area contributed by atoms with E-state index in [4.69, 9.17) is 5.73 Å². The minimum atomic E-state index is -0.0125. The monoisotopic (exact) mass is 261 g/mol. The maximum absolute atomic E-state index is 11.2. The smallest absolute Gasteiger partial charge is 0.161 e. The van der Waals surface area contributed by atoms with Crippen LogP contribution < -0.4 is 11.1 Å². The van der Waals surface area contributed by atoms with Crippen molar-refractivity contribution in [3.63, 3.8) is 0 Å². The number of nitrogen functional groups attached to an aromatic ring is 1. The SMILES string of the molecule is CC(=O)c1ccc(NCCc2cscn2)cc1N. The molecule has 0 saturated carbocycles. The van der Waals surface area contributed by atoms with Crippen molar-refractivity contribution < 1.29 is 4.79 Å². The summed E-state index contributed by atoms with van der Waals surface area (Å²) in [6.07, 6.45) is 0.873. The van der Waals surface area contributed by atoms with Crippen LogP contribution in [0, 0.1) is 0 Å². The zero-order valence-electron chi connectivity index (χ0n) is 10.1. The largest absolute Gasteiger partial charge is 0.398 e. The summed E-state index contributed by atoms with van der Waals surface area (Å²) < 4.78 is 0. The summed E-state index contributed by atoms with van der Waals surface area (Å²) >= 11 is 1.60. The van der Waals surface area contributed by atoms with Crippen LogP contribution in [-0.4, -0.2) is 17.3 Å². The first kappa shape index (κ1) is 12.6. The number of rotatable bonds is 5. The topological polar surface area (TPSA) is 68.0 Å². The molecule has 94 valence electrons. The molecule has 0 radical (unpaired) electrons. The molecule has 18 heavy (non-hydrogen) atoms. The Balaban J connectivity index is 1.94. The average molecular weight is 261 g/mol. The van der Waals surface area contributed by atoms with Gasteiger partial charge >= 0.3 is 0 Å². The first-order chi connectivity index (χ1) is 8.66. The van der Waals surface area contributed by atoms with Crippen molar-refractivity contribution in [2.45, 2.75) is 13.3 Å². The van der Waals surface area contributed by atoms with Crippen molar-refractivity contribution in [2.75, 3.05) is 17.6 Å². The Morgan fingerprint density at radius 3 is 2.94 bits per heavy atom. The molecule has 0 bridgehead atoms. The van der Waals surface area contributed by atoms with Gasteiger partial charge in [0.1, 0.15) is 0 Å². The number of thiazole rings is 1. The van der Waals surface area contributed by atoms with Crippen molar-refractivity contribution >= 4 is 28.5 Å². The van der Waals surface area contributed by atoms with Gasteiger partial charge < -0.3 is 11.1 Å². The molecular weight excluding hydrogens is 246 g/mol. The lowest BCUT2D eigenvalue weighted by Gasteiger charge is -2.08. The average Bonchev–Trinajstić information content (AvgIpc) is 2.81. The molecule has 0 atom stereocenters. The van der Waals surface area contributed by atoms with Crippen LogP contribution >= 0.6 is 11.3 Å². The molecule has 2 aromatic rings. The molecule has 4 nitrogen and oxygen atoms in total. The third kappa shape index (κ3) is 3.07. The van der Waals surface area contributed by atoms with E-state index in [1.807, 2.05) is 17.0 Å². The van der Waals surface area contributed by atoms with Gasteiger partial charge in [0.2, 0.25) is 0 Å². The number of hydrogen-bond donors (Lipinski definition) is 2. The van der Waals surface area contributed by atoms with Gasteiger partial charge in [-0.2, -0.15) is 0 Å². The van der Waals surface area contributed by atoms with Crippen LogP contribution in [0.5, 0.6) is 0 Å². The number of nitrogens with one attached hydrogen (secondary N) is 1. The number of Topliss-reactive ketones (excluding diaryl/α,β-unsaturated/α-hetero) is 1. The lowest BCUT2D eigenvalue weighted by molar-refractivity contribution is 0.101. The van der Waals surface area contributed by atoms with Gasteiger partial charge in [-0.3, -0.25) is 4.79 Å². The molecule has 0 aliphatic rings. The normalized spacial score (nSPS) is 10.3. The summed E-state index contributed by atoms with van der Waals surface area (Å²) in [5.74, 6) is -0.0125. The van der Waals surface area contributed by atoms with Crippen molar-refractivity contribution in [1.82, 2.24) is 4.98 Å². The van der Waals surface area contributed by atoms with E-state index in [-0.39, 0.29) is 5.78 Å². The first-order valence-electron chi connectivity index (χ1n) is 5.68. The van der Waals surface area contributed by atoms with Crippen LogP contribution in [0.25, 0.3) is 0 Å². The van der Waals surface area contributed by atoms with Gasteiger partial charge in [-0.1, -0.05) is 0 Å². The second-order valence-electron chi connectivity index (χ2n) is 4.01. The molecule has 2 rings (SSSR count). The van der Waals surface area contributed by atoms with Crippen molar-refractivity contribution in [2.24, 2.45) is 0 Å². The van der Waals surface area contributed by atoms with Crippen molar-refractivity contribution in [1.29, 1.82) is 0 Å². The van der Waals surface area contributed by atoms with Gasteiger partial charge in [0.25, 0.3) is 0 Å². The maximum Gasteiger partial charge on any atom is 0.161 e. The Kier molecular flexibility index (Phi) is 3.94. The van der Waals surface area contributed by atoms with Crippen LogP contribution in [-0.2, 0) is 6.42 Å². The molecule has 0 aliphatic carbocycles. The lowest BCUT2D eigenvalue weighted by atomic mass is 10.1. The van der Waals surface area contributed by atoms with Gasteiger partial charge in [-0.15, -0.1) is 11.3 Å². The zero-order chi connectivity index (χ0) is 13.0. The number of carbonyl (C=O) groups excluding carboxylic acids is 1. The van der Waals surface area contributed by atoms with E-state index in [0.717, 1.165) is 24.3 Å². The Bertz CT molecular complexity index is 537. The van der Waals surface area contributed by atoms with Gasteiger partial charge in [0.05, 0.1) is 11.2 Å². The number of nitrogens with zero attached hydrogens (tertiary/aromatic N) is 1. The van der Waals surface area contributed by atoms with E-state index >= 15 is 0 Å². The van der Waals surface area contributed by atoms with Crippen LogP contribution in [0.15, 0.2) is 29.1 Å². The molecule has 0 unspecified atom stereocenters. The fourth-order valence-electron chi connectivity index (χ4n) is 1.69. The number of aromatic nitrogens is 1. The standard InChI is InChI=1S/C13H15N3OS/c1-9(17)12-3-2-10(6-13(12)14)15-5-4-11-7-18-8-16-11/h2-3,6-8,15H,4-5,14H2,1H3. The number of nitrogens with two attached hydrogens (primary N) is 1. The fraction of sp³-hybridized carbons (Fsp3) is 0.231. The fourth-order valence-corrected chi connectivity index (χ4v) is 2.28. The predicted molar refractivity (Wildman–Crippen MR) is 75.2 cm³/mol. The van der Waals surface area contributed by atoms with E-state index in [2.05, 4.69) is 10.3 Å². The molecule has 0 fully saturated rings. The number of anilines is 2. The van der Waals surface area contributed by atoms with Crippen LogP contribution in [0.2, 0.25) is 0 Å². The Morgan fingerprint density at radius 1 is 1.50 bits per heavy atom. The van der Waals surface area contributed by atoms with Gasteiger partial charge in [0.15, 0.2) is 5.78 Å². The van der Waals surface area contributed by atoms with Crippen LogP contribution in [0.1, 0.15) is 23.0 Å². The Labute approximate surface area is 110 Å². The lowest BCUT2D eigenvalue weighted by Crippen LogP contribution is -2.06. The molecule has 5 heteroatoms. The first-order valence-corrected chi connectivity index (χ1v) is 6.62. The third-order valence-electron chi connectivity index (χ3n) is 2.62. The minimum absolute atomic E-state index is 0.0125. The second kappa shape index (κ2) is 5.64. The highest BCUT2D eigenvalue weighted by atomic mass is 32.1. The van der Waals surface area contributed by atoms with E-state index in [0.29, 0.717) is 11.3 Å².